The van der Waals surface area contributed by atoms with Crippen LogP contribution >= 0.6 is 0 Å². The van der Waals surface area contributed by atoms with Crippen LogP contribution in [-0.2, 0) is 14.6 Å². The summed E-state index contributed by atoms with van der Waals surface area (Å²) in [5.74, 6) is 0. The predicted octanol–water partition coefficient (Wildman–Crippen LogP) is 1.46. The first-order chi connectivity index (χ1) is 6.99. The maximum Gasteiger partial charge on any atom is 0.408 e. The molecule has 0 heterocycles. The summed E-state index contributed by atoms with van der Waals surface area (Å²) in [4.78, 5) is 11.3. The van der Waals surface area contributed by atoms with Crippen molar-refractivity contribution in [3.8, 4) is 0 Å². The molecule has 0 fully saturated rings. The van der Waals surface area contributed by atoms with E-state index < -0.39 is 27.6 Å². The van der Waals surface area contributed by atoms with Gasteiger partial charge in [-0.3, -0.25) is 0 Å². The van der Waals surface area contributed by atoms with Gasteiger partial charge in [-0.2, -0.15) is 0 Å². The molecule has 0 saturated carbocycles. The zero-order valence-electron chi connectivity index (χ0n) is 10.3. The third-order valence-corrected chi connectivity index (χ3v) is 2.01. The molecule has 0 radical (unpaired) electrons. The van der Waals surface area contributed by atoms with E-state index in [1.165, 1.54) is 6.08 Å². The van der Waals surface area contributed by atoms with E-state index in [-0.39, 0.29) is 0 Å². The molecule has 0 saturated heterocycles. The molecular formula is C10H19NO4S. The first-order valence-corrected chi connectivity index (χ1v) is 6.83. The monoisotopic (exact) mass is 249 g/mol. The number of nitrogens with one attached hydrogen (secondary N) is 1. The zero-order chi connectivity index (χ0) is 13.0. The number of carbonyl (C=O) groups excluding carboxylic acids is 1. The summed E-state index contributed by atoms with van der Waals surface area (Å²) >= 11 is 0. The normalized spacial score (nSPS) is 14.8. The summed E-state index contributed by atoms with van der Waals surface area (Å²) in [6.45, 7) is 6.92. The van der Waals surface area contributed by atoms with Crippen LogP contribution in [0.5, 0.6) is 0 Å². The van der Waals surface area contributed by atoms with Crippen molar-refractivity contribution in [1.82, 2.24) is 5.32 Å². The summed E-state index contributed by atoms with van der Waals surface area (Å²) in [5, 5.41) is 3.55. The second-order valence-electron chi connectivity index (χ2n) is 4.59. The van der Waals surface area contributed by atoms with Gasteiger partial charge in [0.25, 0.3) is 0 Å². The van der Waals surface area contributed by atoms with Gasteiger partial charge in [0.15, 0.2) is 9.84 Å². The topological polar surface area (TPSA) is 72.5 Å². The highest BCUT2D eigenvalue weighted by molar-refractivity contribution is 7.93. The van der Waals surface area contributed by atoms with E-state index in [4.69, 9.17) is 4.74 Å². The van der Waals surface area contributed by atoms with Crippen molar-refractivity contribution in [2.45, 2.75) is 39.3 Å². The molecule has 0 aromatic carbocycles. The summed E-state index contributed by atoms with van der Waals surface area (Å²) < 4.78 is 26.6. The minimum absolute atomic E-state index is 0.399. The van der Waals surface area contributed by atoms with Crippen LogP contribution in [0.1, 0.15) is 27.7 Å². The maximum atomic E-state index is 11.3. The molecule has 1 amide bonds. The van der Waals surface area contributed by atoms with Crippen LogP contribution in [0.4, 0.5) is 4.79 Å². The number of alkyl carbamates (subject to hydrolysis) is 1. The first-order valence-electron chi connectivity index (χ1n) is 4.87. The molecular weight excluding hydrogens is 230 g/mol. The molecule has 1 atom stereocenters. The lowest BCUT2D eigenvalue weighted by Gasteiger charge is -2.20. The quantitative estimate of drug-likeness (QED) is 0.821. The second kappa shape index (κ2) is 5.34. The van der Waals surface area contributed by atoms with Crippen LogP contribution in [0.3, 0.4) is 0 Å². The van der Waals surface area contributed by atoms with Gasteiger partial charge in [-0.05, 0) is 27.7 Å². The average Bonchev–Trinajstić information content (AvgIpc) is 1.95. The molecule has 0 aliphatic carbocycles. The van der Waals surface area contributed by atoms with E-state index in [2.05, 4.69) is 5.32 Å². The first kappa shape index (κ1) is 15.0. The fraction of sp³-hybridized carbons (Fsp3) is 0.700. The third-order valence-electron chi connectivity index (χ3n) is 1.36. The standard InChI is InChI=1S/C10H19NO4S/c1-8(6-7-16(5,13)14)11-9(12)15-10(2,3)4/h6-8H,1-5H3,(H,11,12)/b7-6+. The lowest BCUT2D eigenvalue weighted by molar-refractivity contribution is 0.0518. The SMILES string of the molecule is CC(/C=C/S(C)(=O)=O)NC(=O)OC(C)(C)C. The van der Waals surface area contributed by atoms with Crippen molar-refractivity contribution in [1.29, 1.82) is 0 Å². The van der Waals surface area contributed by atoms with Crippen LogP contribution in [-0.4, -0.2) is 32.4 Å². The highest BCUT2D eigenvalue weighted by atomic mass is 32.2. The highest BCUT2D eigenvalue weighted by Crippen LogP contribution is 2.06. The summed E-state index contributed by atoms with van der Waals surface area (Å²) in [6, 6.07) is -0.399. The van der Waals surface area contributed by atoms with Crippen molar-refractivity contribution >= 4 is 15.9 Å². The molecule has 16 heavy (non-hydrogen) atoms. The number of rotatable bonds is 3. The van der Waals surface area contributed by atoms with Gasteiger partial charge >= 0.3 is 6.09 Å². The third kappa shape index (κ3) is 9.51. The fourth-order valence-electron chi connectivity index (χ4n) is 0.802. The Morgan fingerprint density at radius 1 is 1.38 bits per heavy atom. The number of hydrogen-bond donors (Lipinski definition) is 1. The van der Waals surface area contributed by atoms with Gasteiger partial charge in [0.2, 0.25) is 0 Å². The number of sulfone groups is 1. The van der Waals surface area contributed by atoms with Crippen molar-refractivity contribution in [3.05, 3.63) is 11.5 Å². The van der Waals surface area contributed by atoms with E-state index in [1.54, 1.807) is 27.7 Å². The Kier molecular flexibility index (Phi) is 4.99. The molecule has 5 nitrogen and oxygen atoms in total. The average molecular weight is 249 g/mol. The molecule has 6 heteroatoms. The van der Waals surface area contributed by atoms with Crippen LogP contribution in [0, 0.1) is 0 Å². The molecule has 0 bridgehead atoms. The van der Waals surface area contributed by atoms with Crippen molar-refractivity contribution in [2.75, 3.05) is 6.26 Å². The molecule has 0 aliphatic rings. The number of amides is 1. The Hall–Kier alpha value is -1.04. The Balaban J connectivity index is 4.22. The van der Waals surface area contributed by atoms with Crippen molar-refractivity contribution in [3.63, 3.8) is 0 Å². The zero-order valence-corrected chi connectivity index (χ0v) is 11.1. The van der Waals surface area contributed by atoms with Gasteiger partial charge in [0, 0.05) is 17.7 Å². The van der Waals surface area contributed by atoms with E-state index in [0.29, 0.717) is 0 Å². The predicted molar refractivity (Wildman–Crippen MR) is 62.8 cm³/mol. The second-order valence-corrected chi connectivity index (χ2v) is 6.52. The van der Waals surface area contributed by atoms with Gasteiger partial charge in [-0.25, -0.2) is 13.2 Å². The molecule has 0 spiro atoms. The van der Waals surface area contributed by atoms with Crippen LogP contribution in [0.15, 0.2) is 11.5 Å². The van der Waals surface area contributed by atoms with Crippen LogP contribution in [0.2, 0.25) is 0 Å². The van der Waals surface area contributed by atoms with E-state index in [9.17, 15) is 13.2 Å². The summed E-state index contributed by atoms with van der Waals surface area (Å²) in [7, 11) is -3.16. The minimum atomic E-state index is -3.16. The Morgan fingerprint density at radius 3 is 2.25 bits per heavy atom. The Bertz CT molecular complexity index is 365. The minimum Gasteiger partial charge on any atom is -0.444 e. The summed E-state index contributed by atoms with van der Waals surface area (Å²) in [5.41, 5.74) is -0.565. The van der Waals surface area contributed by atoms with E-state index >= 15 is 0 Å². The van der Waals surface area contributed by atoms with E-state index in [0.717, 1.165) is 11.7 Å². The van der Waals surface area contributed by atoms with Crippen molar-refractivity contribution in [2.24, 2.45) is 0 Å². The molecule has 1 N–H and O–H groups in total. The summed E-state index contributed by atoms with van der Waals surface area (Å²) in [6.07, 6.45) is 1.90. The lowest BCUT2D eigenvalue weighted by atomic mass is 10.2. The number of hydrogen-bond acceptors (Lipinski definition) is 4. The highest BCUT2D eigenvalue weighted by Gasteiger charge is 2.16. The van der Waals surface area contributed by atoms with E-state index in [1.807, 2.05) is 0 Å². The number of carbonyl (C=O) groups is 1. The van der Waals surface area contributed by atoms with Crippen molar-refractivity contribution < 1.29 is 17.9 Å². The largest absolute Gasteiger partial charge is 0.444 e. The lowest BCUT2D eigenvalue weighted by Crippen LogP contribution is -2.36. The fourth-order valence-corrected chi connectivity index (χ4v) is 1.32. The van der Waals surface area contributed by atoms with Gasteiger partial charge in [0.1, 0.15) is 5.60 Å². The van der Waals surface area contributed by atoms with Gasteiger partial charge < -0.3 is 10.1 Å². The number of ether oxygens (including phenoxy) is 1. The molecule has 0 aromatic rings. The van der Waals surface area contributed by atoms with Gasteiger partial charge in [-0.15, -0.1) is 0 Å². The Labute approximate surface area is 96.8 Å². The van der Waals surface area contributed by atoms with Gasteiger partial charge in [-0.1, -0.05) is 6.08 Å². The molecule has 94 valence electrons. The molecule has 0 aliphatic heterocycles. The van der Waals surface area contributed by atoms with Crippen LogP contribution < -0.4 is 5.32 Å². The smallest absolute Gasteiger partial charge is 0.408 e. The molecule has 0 aromatic heterocycles. The maximum absolute atomic E-state index is 11.3. The van der Waals surface area contributed by atoms with Gasteiger partial charge in [0.05, 0.1) is 0 Å². The molecule has 1 unspecified atom stereocenters. The Morgan fingerprint density at radius 2 is 1.88 bits per heavy atom. The molecule has 0 rings (SSSR count). The van der Waals surface area contributed by atoms with Crippen LogP contribution in [0.25, 0.3) is 0 Å².